The summed E-state index contributed by atoms with van der Waals surface area (Å²) in [7, 11) is 0. The van der Waals surface area contributed by atoms with Crippen molar-refractivity contribution in [3.63, 3.8) is 0 Å². The maximum absolute atomic E-state index is 12.6. The second-order valence-electron chi connectivity index (χ2n) is 5.91. The number of rotatable bonds is 5. The van der Waals surface area contributed by atoms with Gasteiger partial charge in [0.2, 0.25) is 0 Å². The number of thiophene rings is 1. The zero-order valence-corrected chi connectivity index (χ0v) is 15.1. The van der Waals surface area contributed by atoms with Gasteiger partial charge in [0.1, 0.15) is 5.58 Å². The summed E-state index contributed by atoms with van der Waals surface area (Å²) in [4.78, 5) is 25.6. The summed E-state index contributed by atoms with van der Waals surface area (Å²) in [5.74, 6) is -0.338. The predicted octanol–water partition coefficient (Wildman–Crippen LogP) is 4.72. The van der Waals surface area contributed by atoms with E-state index in [0.717, 1.165) is 10.9 Å². The van der Waals surface area contributed by atoms with Crippen LogP contribution in [-0.2, 0) is 6.54 Å². The van der Waals surface area contributed by atoms with Gasteiger partial charge in [-0.1, -0.05) is 48.5 Å². The third kappa shape index (κ3) is 3.61. The normalized spacial score (nSPS) is 10.7. The van der Waals surface area contributed by atoms with E-state index in [1.165, 1.54) is 11.3 Å². The molecule has 5 nitrogen and oxygen atoms in total. The van der Waals surface area contributed by atoms with Crippen molar-refractivity contribution in [1.82, 2.24) is 0 Å². The van der Waals surface area contributed by atoms with Gasteiger partial charge < -0.3 is 15.1 Å². The Hall–Kier alpha value is -3.38. The molecule has 2 aromatic heterocycles. The Morgan fingerprint density at radius 3 is 2.48 bits per heavy atom. The molecule has 0 atom stereocenters. The number of carbonyl (C=O) groups is 1. The molecule has 0 bridgehead atoms. The van der Waals surface area contributed by atoms with E-state index in [1.807, 2.05) is 47.8 Å². The van der Waals surface area contributed by atoms with Crippen molar-refractivity contribution in [1.29, 1.82) is 0 Å². The second-order valence-corrected chi connectivity index (χ2v) is 6.85. The van der Waals surface area contributed by atoms with Gasteiger partial charge in [0.15, 0.2) is 5.69 Å². The first kappa shape index (κ1) is 17.1. The molecule has 6 heteroatoms. The molecule has 0 aliphatic rings. The minimum atomic E-state index is -0.589. The van der Waals surface area contributed by atoms with Crippen LogP contribution in [0.5, 0.6) is 0 Å². The highest BCUT2D eigenvalue weighted by Gasteiger charge is 2.18. The highest BCUT2D eigenvalue weighted by atomic mass is 32.1. The van der Waals surface area contributed by atoms with Crippen LogP contribution in [0.1, 0.15) is 15.2 Å². The van der Waals surface area contributed by atoms with Crippen molar-refractivity contribution in [2.24, 2.45) is 0 Å². The quantitative estimate of drug-likeness (QED) is 0.495. The Balaban J connectivity index is 1.75. The van der Waals surface area contributed by atoms with Crippen molar-refractivity contribution in [2.45, 2.75) is 6.54 Å². The lowest BCUT2D eigenvalue weighted by Gasteiger charge is -2.14. The molecule has 4 rings (SSSR count). The van der Waals surface area contributed by atoms with Crippen LogP contribution in [0.3, 0.4) is 0 Å². The Bertz CT molecular complexity index is 1140. The van der Waals surface area contributed by atoms with Gasteiger partial charge in [-0.25, -0.2) is 4.79 Å². The monoisotopic (exact) mass is 376 g/mol. The zero-order valence-electron chi connectivity index (χ0n) is 14.3. The van der Waals surface area contributed by atoms with Crippen LogP contribution < -0.4 is 16.3 Å². The van der Waals surface area contributed by atoms with E-state index in [0.29, 0.717) is 22.7 Å². The Morgan fingerprint density at radius 2 is 1.70 bits per heavy atom. The van der Waals surface area contributed by atoms with Crippen molar-refractivity contribution >= 4 is 39.6 Å². The van der Waals surface area contributed by atoms with Crippen molar-refractivity contribution in [2.75, 3.05) is 10.6 Å². The highest BCUT2D eigenvalue weighted by molar-refractivity contribution is 7.12. The van der Waals surface area contributed by atoms with Crippen molar-refractivity contribution in [3.05, 3.63) is 93.0 Å². The largest absolute Gasteiger partial charge is 0.421 e. The topological polar surface area (TPSA) is 71.3 Å². The van der Waals surface area contributed by atoms with Gasteiger partial charge in [0.05, 0.1) is 10.6 Å². The summed E-state index contributed by atoms with van der Waals surface area (Å²) in [6, 6.07) is 20.6. The van der Waals surface area contributed by atoms with Gasteiger partial charge in [0, 0.05) is 11.9 Å². The molecule has 27 heavy (non-hydrogen) atoms. The fraction of sp³-hybridized carbons (Fsp3) is 0.0476. The Morgan fingerprint density at radius 1 is 0.926 bits per heavy atom. The zero-order chi connectivity index (χ0) is 18.6. The van der Waals surface area contributed by atoms with Crippen molar-refractivity contribution < 1.29 is 9.21 Å². The van der Waals surface area contributed by atoms with E-state index in [1.54, 1.807) is 24.3 Å². The summed E-state index contributed by atoms with van der Waals surface area (Å²) >= 11 is 1.31. The lowest BCUT2D eigenvalue weighted by molar-refractivity contribution is 0.103. The molecule has 1 amide bonds. The molecule has 2 aromatic carbocycles. The smallest absolute Gasteiger partial charge is 0.362 e. The first-order valence-electron chi connectivity index (χ1n) is 8.41. The first-order chi connectivity index (χ1) is 13.2. The van der Waals surface area contributed by atoms with Crippen LogP contribution in [-0.4, -0.2) is 5.91 Å². The number of hydrogen-bond acceptors (Lipinski definition) is 5. The van der Waals surface area contributed by atoms with E-state index >= 15 is 0 Å². The van der Waals surface area contributed by atoms with Gasteiger partial charge in [-0.05, 0) is 29.1 Å². The number of hydrogen-bond donors (Lipinski definition) is 2. The van der Waals surface area contributed by atoms with E-state index in [9.17, 15) is 9.59 Å². The fourth-order valence-electron chi connectivity index (χ4n) is 2.82. The number of para-hydroxylation sites is 1. The maximum Gasteiger partial charge on any atom is 0.362 e. The van der Waals surface area contributed by atoms with Gasteiger partial charge in [-0.15, -0.1) is 11.3 Å². The van der Waals surface area contributed by atoms with Gasteiger partial charge >= 0.3 is 5.63 Å². The van der Waals surface area contributed by atoms with Crippen molar-refractivity contribution in [3.8, 4) is 0 Å². The molecule has 0 unspecified atom stereocenters. The molecule has 0 fully saturated rings. The van der Waals surface area contributed by atoms with E-state index in [4.69, 9.17) is 4.42 Å². The lowest BCUT2D eigenvalue weighted by atomic mass is 10.1. The standard InChI is InChI=1S/C21H16N2O3S/c24-20(17-11-6-12-27-17)23-19-18(22-13-14-7-2-1-3-8-14)15-9-4-5-10-16(15)26-21(19)25/h1-12,22H,13H2,(H,23,24). The summed E-state index contributed by atoms with van der Waals surface area (Å²) in [6.45, 7) is 0.510. The molecule has 0 saturated carbocycles. The number of nitrogens with one attached hydrogen (secondary N) is 2. The van der Waals surface area contributed by atoms with Crippen LogP contribution in [0.15, 0.2) is 81.3 Å². The summed E-state index contributed by atoms with van der Waals surface area (Å²) in [5.41, 5.74) is 1.60. The molecule has 2 heterocycles. The first-order valence-corrected chi connectivity index (χ1v) is 9.29. The fourth-order valence-corrected chi connectivity index (χ4v) is 3.44. The average Bonchev–Trinajstić information content (AvgIpc) is 3.23. The van der Waals surface area contributed by atoms with Gasteiger partial charge in [0.25, 0.3) is 5.91 Å². The van der Waals surface area contributed by atoms with Crippen LogP contribution in [0, 0.1) is 0 Å². The van der Waals surface area contributed by atoms with Crippen LogP contribution in [0.2, 0.25) is 0 Å². The third-order valence-electron chi connectivity index (χ3n) is 4.11. The van der Waals surface area contributed by atoms with Crippen LogP contribution in [0.25, 0.3) is 11.0 Å². The number of anilines is 2. The minimum absolute atomic E-state index is 0.114. The average molecular weight is 376 g/mol. The lowest BCUT2D eigenvalue weighted by Crippen LogP contribution is -2.19. The third-order valence-corrected chi connectivity index (χ3v) is 4.98. The molecule has 4 aromatic rings. The molecule has 2 N–H and O–H groups in total. The van der Waals surface area contributed by atoms with E-state index in [2.05, 4.69) is 10.6 Å². The molecule has 0 aliphatic carbocycles. The molecule has 134 valence electrons. The summed E-state index contributed by atoms with van der Waals surface area (Å²) in [5, 5.41) is 8.55. The highest BCUT2D eigenvalue weighted by Crippen LogP contribution is 2.29. The predicted molar refractivity (Wildman–Crippen MR) is 109 cm³/mol. The second kappa shape index (κ2) is 7.47. The molecule has 0 radical (unpaired) electrons. The number of fused-ring (bicyclic) bond motifs is 1. The number of benzene rings is 2. The summed E-state index contributed by atoms with van der Waals surface area (Å²) < 4.78 is 5.40. The van der Waals surface area contributed by atoms with Crippen LogP contribution >= 0.6 is 11.3 Å². The number of amides is 1. The maximum atomic E-state index is 12.6. The molecular weight excluding hydrogens is 360 g/mol. The summed E-state index contributed by atoms with van der Waals surface area (Å²) in [6.07, 6.45) is 0. The molecule has 0 aliphatic heterocycles. The van der Waals surface area contributed by atoms with Gasteiger partial charge in [-0.2, -0.15) is 0 Å². The SMILES string of the molecule is O=C(Nc1c(NCc2ccccc2)c2ccccc2oc1=O)c1cccs1. The molecular formula is C21H16N2O3S. The van der Waals surface area contributed by atoms with Gasteiger partial charge in [-0.3, -0.25) is 4.79 Å². The van der Waals surface area contributed by atoms with E-state index < -0.39 is 5.63 Å². The van der Waals surface area contributed by atoms with E-state index in [-0.39, 0.29) is 11.6 Å². The number of carbonyl (C=O) groups excluding carboxylic acids is 1. The van der Waals surface area contributed by atoms with Crippen LogP contribution in [0.4, 0.5) is 11.4 Å². The minimum Gasteiger partial charge on any atom is -0.421 e. The Labute approximate surface area is 159 Å². The Kier molecular flexibility index (Phi) is 4.72. The molecule has 0 saturated heterocycles. The molecule has 0 spiro atoms.